The van der Waals surface area contributed by atoms with Crippen molar-refractivity contribution in [2.24, 2.45) is 5.84 Å². The zero-order valence-electron chi connectivity index (χ0n) is 5.07. The van der Waals surface area contributed by atoms with Crippen molar-refractivity contribution >= 4 is 0 Å². The highest BCUT2D eigenvalue weighted by Gasteiger charge is 1.35. The molecule has 0 amide bonds. The SMILES string of the molecule is C=CNN.CCC. The minimum atomic E-state index is 1.25. The van der Waals surface area contributed by atoms with Gasteiger partial charge >= 0.3 is 0 Å². The Morgan fingerprint density at radius 2 is 1.86 bits per heavy atom. The van der Waals surface area contributed by atoms with Crippen LogP contribution in [0.15, 0.2) is 12.8 Å². The lowest BCUT2D eigenvalue weighted by Gasteiger charge is -1.72. The molecule has 0 aromatic heterocycles. The standard InChI is InChI=1S/C3H8.C2H6N2/c1-3-2;1-2-4-3/h3H2,1-2H3;2,4H,1,3H2. The van der Waals surface area contributed by atoms with Crippen LogP contribution in [-0.4, -0.2) is 0 Å². The van der Waals surface area contributed by atoms with Crippen molar-refractivity contribution in [3.63, 3.8) is 0 Å². The first-order valence-electron chi connectivity index (χ1n) is 2.40. The molecule has 2 heteroatoms. The Balaban J connectivity index is 0. The molecule has 0 aliphatic rings. The minimum absolute atomic E-state index is 1.25. The normalized spacial score (nSPS) is 5.57. The highest BCUT2D eigenvalue weighted by atomic mass is 15.2. The molecule has 0 saturated heterocycles. The van der Waals surface area contributed by atoms with E-state index in [0.717, 1.165) is 0 Å². The summed E-state index contributed by atoms with van der Waals surface area (Å²) in [5.74, 6) is 4.66. The van der Waals surface area contributed by atoms with Crippen LogP contribution in [0.4, 0.5) is 0 Å². The maximum absolute atomic E-state index is 4.66. The van der Waals surface area contributed by atoms with Gasteiger partial charge in [-0.25, -0.2) is 0 Å². The van der Waals surface area contributed by atoms with E-state index in [2.05, 4.69) is 31.7 Å². The average molecular weight is 102 g/mol. The molecule has 2 nitrogen and oxygen atoms in total. The quantitative estimate of drug-likeness (QED) is 0.383. The average Bonchev–Trinajstić information content (AvgIpc) is 1.69. The van der Waals surface area contributed by atoms with Gasteiger partial charge in [0.05, 0.1) is 0 Å². The smallest absolute Gasteiger partial charge is 0.00506 e. The van der Waals surface area contributed by atoms with Gasteiger partial charge in [0.2, 0.25) is 0 Å². The molecule has 3 N–H and O–H groups in total. The lowest BCUT2D eigenvalue weighted by molar-refractivity contribution is 0.972. The van der Waals surface area contributed by atoms with Crippen molar-refractivity contribution in [2.45, 2.75) is 20.3 Å². The van der Waals surface area contributed by atoms with E-state index in [9.17, 15) is 0 Å². The molecule has 0 aromatic carbocycles. The van der Waals surface area contributed by atoms with Crippen LogP contribution >= 0.6 is 0 Å². The van der Waals surface area contributed by atoms with E-state index in [1.807, 2.05) is 0 Å². The second-order valence-electron chi connectivity index (χ2n) is 1.08. The Morgan fingerprint density at radius 3 is 1.86 bits per heavy atom. The number of nitrogens with two attached hydrogens (primary N) is 1. The fourth-order valence-corrected chi connectivity index (χ4v) is 0. The van der Waals surface area contributed by atoms with Crippen LogP contribution in [0.5, 0.6) is 0 Å². The van der Waals surface area contributed by atoms with Gasteiger partial charge in [-0.3, -0.25) is 5.84 Å². The summed E-state index contributed by atoms with van der Waals surface area (Å²) in [5.41, 5.74) is 2.19. The lowest BCUT2D eigenvalue weighted by atomic mass is 10.6. The zero-order chi connectivity index (χ0) is 6.12. The van der Waals surface area contributed by atoms with E-state index in [1.54, 1.807) is 0 Å². The predicted octanol–water partition coefficient (Wildman–Crippen LogP) is 1.01. The summed E-state index contributed by atoms with van der Waals surface area (Å²) in [6.45, 7) is 7.49. The molecule has 0 aromatic rings. The molecule has 0 aliphatic carbocycles. The first-order valence-corrected chi connectivity index (χ1v) is 2.40. The third-order valence-electron chi connectivity index (χ3n) is 0.118. The van der Waals surface area contributed by atoms with Gasteiger partial charge in [0.1, 0.15) is 0 Å². The maximum atomic E-state index is 4.66. The second kappa shape index (κ2) is 17.8. The van der Waals surface area contributed by atoms with Crippen LogP contribution in [-0.2, 0) is 0 Å². The topological polar surface area (TPSA) is 38.0 Å². The molecule has 44 valence electrons. The summed E-state index contributed by atoms with van der Waals surface area (Å²) >= 11 is 0. The van der Waals surface area contributed by atoms with Gasteiger partial charge in [-0.05, 0) is 0 Å². The van der Waals surface area contributed by atoms with E-state index in [1.165, 1.54) is 12.6 Å². The first kappa shape index (κ1) is 9.71. The number of hydrogen-bond donors (Lipinski definition) is 2. The molecule has 0 fully saturated rings. The van der Waals surface area contributed by atoms with Crippen molar-refractivity contribution in [1.29, 1.82) is 0 Å². The van der Waals surface area contributed by atoms with Gasteiger partial charge < -0.3 is 5.43 Å². The van der Waals surface area contributed by atoms with Crippen LogP contribution in [0, 0.1) is 0 Å². The van der Waals surface area contributed by atoms with Gasteiger partial charge in [0.15, 0.2) is 0 Å². The van der Waals surface area contributed by atoms with E-state index in [0.29, 0.717) is 0 Å². The molecule has 0 aliphatic heterocycles. The van der Waals surface area contributed by atoms with E-state index in [-0.39, 0.29) is 0 Å². The molecule has 0 saturated carbocycles. The van der Waals surface area contributed by atoms with Crippen molar-refractivity contribution < 1.29 is 0 Å². The highest BCUT2D eigenvalue weighted by molar-refractivity contribution is 4.53. The first-order chi connectivity index (χ1) is 3.33. The molecule has 0 bridgehead atoms. The van der Waals surface area contributed by atoms with Crippen molar-refractivity contribution in [3.05, 3.63) is 12.8 Å². The molecular formula is C5H14N2. The van der Waals surface area contributed by atoms with E-state index < -0.39 is 0 Å². The molecule has 0 rings (SSSR count). The number of rotatable bonds is 1. The molecule has 0 radical (unpaired) electrons. The summed E-state index contributed by atoms with van der Waals surface area (Å²) < 4.78 is 0. The van der Waals surface area contributed by atoms with E-state index in [4.69, 9.17) is 0 Å². The fraction of sp³-hybridized carbons (Fsp3) is 0.600. The summed E-state index contributed by atoms with van der Waals surface area (Å²) in [5, 5.41) is 0. The Kier molecular flexibility index (Phi) is 24.7. The lowest BCUT2D eigenvalue weighted by Crippen LogP contribution is -2.11. The Hall–Kier alpha value is -0.500. The second-order valence-corrected chi connectivity index (χ2v) is 1.08. The maximum Gasteiger partial charge on any atom is 0.00506 e. The van der Waals surface area contributed by atoms with Crippen molar-refractivity contribution in [3.8, 4) is 0 Å². The predicted molar refractivity (Wildman–Crippen MR) is 33.5 cm³/mol. The largest absolute Gasteiger partial charge is 0.332 e. The Bertz CT molecular complexity index is 27.3. The van der Waals surface area contributed by atoms with Crippen LogP contribution in [0.2, 0.25) is 0 Å². The zero-order valence-corrected chi connectivity index (χ0v) is 5.07. The molecule has 0 unspecified atom stereocenters. The summed E-state index contributed by atoms with van der Waals surface area (Å²) in [6, 6.07) is 0. The molecule has 0 atom stereocenters. The van der Waals surface area contributed by atoms with Gasteiger partial charge in [0.25, 0.3) is 0 Å². The third-order valence-corrected chi connectivity index (χ3v) is 0.118. The summed E-state index contributed by atoms with van der Waals surface area (Å²) in [4.78, 5) is 0. The summed E-state index contributed by atoms with van der Waals surface area (Å²) in [7, 11) is 0. The van der Waals surface area contributed by atoms with E-state index >= 15 is 0 Å². The van der Waals surface area contributed by atoms with Crippen LogP contribution in [0.3, 0.4) is 0 Å². The molecule has 0 heterocycles. The number of hydrazine groups is 1. The third kappa shape index (κ3) is 270. The molecule has 0 spiro atoms. The number of hydrogen-bond acceptors (Lipinski definition) is 2. The summed E-state index contributed by atoms with van der Waals surface area (Å²) in [6.07, 6.45) is 2.65. The van der Waals surface area contributed by atoms with Gasteiger partial charge in [-0.1, -0.05) is 26.8 Å². The van der Waals surface area contributed by atoms with Crippen molar-refractivity contribution in [1.82, 2.24) is 5.43 Å². The number of nitrogens with one attached hydrogen (secondary N) is 1. The fourth-order valence-electron chi connectivity index (χ4n) is 0. The molecule has 7 heavy (non-hydrogen) atoms. The monoisotopic (exact) mass is 102 g/mol. The van der Waals surface area contributed by atoms with Gasteiger partial charge in [-0.2, -0.15) is 0 Å². The molecular weight excluding hydrogens is 88.1 g/mol. The van der Waals surface area contributed by atoms with Crippen LogP contribution < -0.4 is 11.3 Å². The highest BCUT2D eigenvalue weighted by Crippen LogP contribution is 1.56. The Labute approximate surface area is 45.4 Å². The Morgan fingerprint density at radius 1 is 1.71 bits per heavy atom. The van der Waals surface area contributed by atoms with Crippen LogP contribution in [0.1, 0.15) is 20.3 Å². The van der Waals surface area contributed by atoms with Gasteiger partial charge in [0, 0.05) is 6.20 Å². The van der Waals surface area contributed by atoms with Gasteiger partial charge in [-0.15, -0.1) is 0 Å². The minimum Gasteiger partial charge on any atom is -0.332 e. The van der Waals surface area contributed by atoms with Crippen molar-refractivity contribution in [2.75, 3.05) is 0 Å². The van der Waals surface area contributed by atoms with Crippen LogP contribution in [0.25, 0.3) is 0 Å².